The number of nitrogens with zero attached hydrogens (tertiary/aromatic N) is 1. The summed E-state index contributed by atoms with van der Waals surface area (Å²) in [5, 5.41) is 3.20. The van der Waals surface area contributed by atoms with Crippen molar-refractivity contribution in [3.05, 3.63) is 84.0 Å². The van der Waals surface area contributed by atoms with E-state index >= 15 is 0 Å². The number of hydrogen-bond donors (Lipinski definition) is 2. The molecule has 0 fully saturated rings. The molecule has 3 N–H and O–H groups in total. The number of amides is 1. The summed E-state index contributed by atoms with van der Waals surface area (Å²) in [5.74, 6) is 0.290. The molecule has 2 rings (SSSR count). The van der Waals surface area contributed by atoms with E-state index in [4.69, 9.17) is 5.73 Å². The molecule has 0 unspecified atom stereocenters. The van der Waals surface area contributed by atoms with Crippen LogP contribution in [-0.2, 0) is 0 Å². The van der Waals surface area contributed by atoms with E-state index in [1.165, 1.54) is 5.56 Å². The SMILES string of the molecule is C=C/C=C(\N=C(C)Nc1ccc(C(N)=O)cc1)c1ccc(C)cc1. The molecule has 1 amide bonds. The number of benzene rings is 2. The van der Waals surface area contributed by atoms with Crippen LogP contribution in [0.5, 0.6) is 0 Å². The largest absolute Gasteiger partial charge is 0.366 e. The van der Waals surface area contributed by atoms with E-state index in [1.807, 2.05) is 44.2 Å². The Morgan fingerprint density at radius 1 is 1.08 bits per heavy atom. The van der Waals surface area contributed by atoms with Crippen LogP contribution in [0.2, 0.25) is 0 Å². The third kappa shape index (κ3) is 4.68. The zero-order valence-electron chi connectivity index (χ0n) is 13.9. The Bertz CT molecular complexity index is 785. The first-order chi connectivity index (χ1) is 11.5. The first-order valence-electron chi connectivity index (χ1n) is 7.61. The van der Waals surface area contributed by atoms with Gasteiger partial charge in [0.15, 0.2) is 0 Å². The average molecular weight is 319 g/mol. The summed E-state index contributed by atoms with van der Waals surface area (Å²) in [4.78, 5) is 15.7. The molecule has 2 aromatic rings. The minimum absolute atomic E-state index is 0.442. The fourth-order valence-corrected chi connectivity index (χ4v) is 2.17. The molecule has 0 saturated carbocycles. The van der Waals surface area contributed by atoms with Gasteiger partial charge in [-0.05, 0) is 44.2 Å². The number of anilines is 1. The number of rotatable bonds is 5. The number of amidine groups is 1. The van der Waals surface area contributed by atoms with Gasteiger partial charge < -0.3 is 11.1 Å². The number of nitrogens with two attached hydrogens (primary N) is 1. The second-order valence-electron chi connectivity index (χ2n) is 5.42. The van der Waals surface area contributed by atoms with E-state index in [0.717, 1.165) is 22.8 Å². The van der Waals surface area contributed by atoms with Crippen LogP contribution in [0.1, 0.15) is 28.4 Å². The van der Waals surface area contributed by atoms with Gasteiger partial charge in [-0.1, -0.05) is 42.5 Å². The number of carbonyl (C=O) groups excluding carboxylic acids is 1. The summed E-state index contributed by atoms with van der Waals surface area (Å²) < 4.78 is 0. The molecular formula is C20H21N3O. The zero-order valence-corrected chi connectivity index (χ0v) is 13.9. The van der Waals surface area contributed by atoms with E-state index < -0.39 is 5.91 Å². The molecule has 0 saturated heterocycles. The van der Waals surface area contributed by atoms with Crippen LogP contribution in [0.15, 0.2) is 72.3 Å². The van der Waals surface area contributed by atoms with Crippen molar-refractivity contribution in [2.24, 2.45) is 10.7 Å². The summed E-state index contributed by atoms with van der Waals surface area (Å²) in [6, 6.07) is 15.1. The molecule has 0 heterocycles. The Morgan fingerprint density at radius 3 is 2.21 bits per heavy atom. The van der Waals surface area contributed by atoms with Crippen LogP contribution in [0.25, 0.3) is 5.70 Å². The minimum atomic E-state index is -0.442. The quantitative estimate of drug-likeness (QED) is 0.494. The Balaban J connectivity index is 2.20. The van der Waals surface area contributed by atoms with Gasteiger partial charge >= 0.3 is 0 Å². The van der Waals surface area contributed by atoms with Gasteiger partial charge in [-0.3, -0.25) is 4.79 Å². The first kappa shape index (κ1) is 17.2. The molecule has 0 aromatic heterocycles. The van der Waals surface area contributed by atoms with E-state index in [0.29, 0.717) is 5.56 Å². The van der Waals surface area contributed by atoms with Crippen molar-refractivity contribution in [2.45, 2.75) is 13.8 Å². The molecule has 0 aliphatic carbocycles. The van der Waals surface area contributed by atoms with E-state index in [9.17, 15) is 4.79 Å². The van der Waals surface area contributed by atoms with Crippen molar-refractivity contribution in [2.75, 3.05) is 5.32 Å². The lowest BCUT2D eigenvalue weighted by Gasteiger charge is -2.08. The molecule has 0 aliphatic heterocycles. The lowest BCUT2D eigenvalue weighted by molar-refractivity contribution is 0.100. The molecule has 4 nitrogen and oxygen atoms in total. The highest BCUT2D eigenvalue weighted by atomic mass is 16.1. The Morgan fingerprint density at radius 2 is 1.67 bits per heavy atom. The molecule has 0 aliphatic rings. The predicted octanol–water partition coefficient (Wildman–Crippen LogP) is 4.15. The second kappa shape index (κ2) is 7.92. The average Bonchev–Trinajstić information content (AvgIpc) is 2.55. The number of aryl methyl sites for hydroxylation is 1. The van der Waals surface area contributed by atoms with Crippen LogP contribution in [-0.4, -0.2) is 11.7 Å². The second-order valence-corrected chi connectivity index (χ2v) is 5.42. The van der Waals surface area contributed by atoms with E-state index in [1.54, 1.807) is 30.3 Å². The summed E-state index contributed by atoms with van der Waals surface area (Å²) in [6.07, 6.45) is 3.58. The number of carbonyl (C=O) groups is 1. The maximum Gasteiger partial charge on any atom is 0.248 e. The van der Waals surface area contributed by atoms with Gasteiger partial charge in [0.1, 0.15) is 5.84 Å². The maximum absolute atomic E-state index is 11.1. The van der Waals surface area contributed by atoms with Crippen molar-refractivity contribution in [1.29, 1.82) is 0 Å². The third-order valence-corrected chi connectivity index (χ3v) is 3.41. The monoisotopic (exact) mass is 319 g/mol. The number of primary amides is 1. The molecular weight excluding hydrogens is 298 g/mol. The predicted molar refractivity (Wildman–Crippen MR) is 101 cm³/mol. The minimum Gasteiger partial charge on any atom is -0.366 e. The fourth-order valence-electron chi connectivity index (χ4n) is 2.17. The molecule has 0 radical (unpaired) electrons. The summed E-state index contributed by atoms with van der Waals surface area (Å²) >= 11 is 0. The van der Waals surface area contributed by atoms with Gasteiger partial charge in [0.2, 0.25) is 5.91 Å². The Kier molecular flexibility index (Phi) is 5.68. The van der Waals surface area contributed by atoms with Crippen LogP contribution in [0, 0.1) is 6.92 Å². The highest BCUT2D eigenvalue weighted by Crippen LogP contribution is 2.18. The zero-order chi connectivity index (χ0) is 17.5. The van der Waals surface area contributed by atoms with Crippen LogP contribution in [0.4, 0.5) is 5.69 Å². The van der Waals surface area contributed by atoms with Crippen molar-refractivity contribution < 1.29 is 4.79 Å². The highest BCUT2D eigenvalue weighted by Gasteiger charge is 2.02. The van der Waals surface area contributed by atoms with Crippen molar-refractivity contribution >= 4 is 23.1 Å². The topological polar surface area (TPSA) is 67.5 Å². The van der Waals surface area contributed by atoms with Crippen LogP contribution < -0.4 is 11.1 Å². The summed E-state index contributed by atoms with van der Waals surface area (Å²) in [5.41, 5.74) is 9.59. The van der Waals surface area contributed by atoms with E-state index in [2.05, 4.69) is 16.9 Å². The fraction of sp³-hybridized carbons (Fsp3) is 0.100. The molecule has 4 heteroatoms. The smallest absolute Gasteiger partial charge is 0.248 e. The van der Waals surface area contributed by atoms with Gasteiger partial charge in [-0.15, -0.1) is 0 Å². The van der Waals surface area contributed by atoms with Gasteiger partial charge in [0.25, 0.3) is 0 Å². The van der Waals surface area contributed by atoms with Crippen LogP contribution in [0.3, 0.4) is 0 Å². The normalized spacial score (nSPS) is 11.9. The third-order valence-electron chi connectivity index (χ3n) is 3.41. The van der Waals surface area contributed by atoms with Crippen molar-refractivity contribution in [1.82, 2.24) is 0 Å². The van der Waals surface area contributed by atoms with Crippen molar-refractivity contribution in [3.63, 3.8) is 0 Å². The highest BCUT2D eigenvalue weighted by molar-refractivity contribution is 5.98. The lowest BCUT2D eigenvalue weighted by atomic mass is 10.1. The van der Waals surface area contributed by atoms with Gasteiger partial charge in [0.05, 0.1) is 5.70 Å². The number of allylic oxidation sites excluding steroid dienone is 2. The lowest BCUT2D eigenvalue weighted by Crippen LogP contribution is -2.11. The van der Waals surface area contributed by atoms with Gasteiger partial charge in [0, 0.05) is 16.8 Å². The maximum atomic E-state index is 11.1. The number of hydrogen-bond acceptors (Lipinski definition) is 2. The standard InChI is InChI=1S/C20H21N3O/c1-4-5-19(16-8-6-14(2)7-9-16)23-15(3)22-18-12-10-17(11-13-18)20(21)24/h4-13H,1H2,2-3H3,(H2,21,24)(H,22,23)/b19-5-. The molecule has 2 aromatic carbocycles. The summed E-state index contributed by atoms with van der Waals surface area (Å²) in [6.45, 7) is 7.68. The number of aliphatic imine (C=N–C) groups is 1. The summed E-state index contributed by atoms with van der Waals surface area (Å²) in [7, 11) is 0. The van der Waals surface area contributed by atoms with Crippen molar-refractivity contribution in [3.8, 4) is 0 Å². The number of nitrogens with one attached hydrogen (secondary N) is 1. The molecule has 0 spiro atoms. The Labute approximate surface area is 142 Å². The van der Waals surface area contributed by atoms with E-state index in [-0.39, 0.29) is 0 Å². The molecule has 0 atom stereocenters. The molecule has 24 heavy (non-hydrogen) atoms. The van der Waals surface area contributed by atoms with Crippen LogP contribution >= 0.6 is 0 Å². The van der Waals surface area contributed by atoms with Gasteiger partial charge in [-0.25, -0.2) is 4.99 Å². The molecule has 122 valence electrons. The Hall–Kier alpha value is -3.14. The van der Waals surface area contributed by atoms with Gasteiger partial charge in [-0.2, -0.15) is 0 Å². The first-order valence-corrected chi connectivity index (χ1v) is 7.61. The molecule has 0 bridgehead atoms.